The molecule has 0 saturated heterocycles. The first kappa shape index (κ1) is 24.9. The summed E-state index contributed by atoms with van der Waals surface area (Å²) in [5.74, 6) is -0.775. The lowest BCUT2D eigenvalue weighted by Crippen LogP contribution is -2.36. The van der Waals surface area contributed by atoms with E-state index in [1.165, 1.54) is 11.8 Å². The molecule has 2 amide bonds. The lowest BCUT2D eigenvalue weighted by atomic mass is 10.0. The number of anilines is 1. The third kappa shape index (κ3) is 4.95. The molecule has 14 heteroatoms. The van der Waals surface area contributed by atoms with Gasteiger partial charge < -0.3 is 14.8 Å². The molecule has 3 heterocycles. The second-order valence-corrected chi connectivity index (χ2v) is 10.1. The normalized spacial score (nSPS) is 16.6. The van der Waals surface area contributed by atoms with E-state index in [9.17, 15) is 22.0 Å². The van der Waals surface area contributed by atoms with Gasteiger partial charge in [-0.05, 0) is 11.8 Å². The van der Waals surface area contributed by atoms with Gasteiger partial charge in [0.2, 0.25) is 5.88 Å². The van der Waals surface area contributed by atoms with Crippen LogP contribution in [-0.2, 0) is 27.4 Å². The molecule has 0 fully saturated rings. The van der Waals surface area contributed by atoms with Crippen LogP contribution in [0.25, 0.3) is 0 Å². The highest BCUT2D eigenvalue weighted by Gasteiger charge is 2.35. The van der Waals surface area contributed by atoms with Crippen molar-refractivity contribution < 1.29 is 31.5 Å². The SMILES string of the molecule is COC1COc2c(S(=O)(=O)NC(=O)Nc3c(C(C)C)nn(C(C)(F)F)c3C(C)C)cnn2C1. The number of hydrogen-bond acceptors (Lipinski definition) is 7. The number of ether oxygens (including phenoxy) is 2. The number of nitrogens with one attached hydrogen (secondary N) is 2. The molecule has 2 N–H and O–H groups in total. The van der Waals surface area contributed by atoms with Crippen molar-refractivity contribution in [2.45, 2.75) is 70.0 Å². The topological polar surface area (TPSA) is 129 Å². The second-order valence-electron chi connectivity index (χ2n) is 8.43. The molecule has 1 unspecified atom stereocenters. The van der Waals surface area contributed by atoms with Gasteiger partial charge in [0, 0.05) is 14.0 Å². The molecular weight excluding hydrogens is 462 g/mol. The number of fused-ring (bicyclic) bond motifs is 1. The summed E-state index contributed by atoms with van der Waals surface area (Å²) < 4.78 is 68.5. The summed E-state index contributed by atoms with van der Waals surface area (Å²) in [6.07, 6.45) is 0.777. The van der Waals surface area contributed by atoms with Crippen molar-refractivity contribution in [3.63, 3.8) is 0 Å². The molecule has 1 atom stereocenters. The Bertz CT molecular complexity index is 1140. The molecule has 0 spiro atoms. The Hall–Kier alpha value is -2.74. The van der Waals surface area contributed by atoms with Gasteiger partial charge in [0.05, 0.1) is 29.8 Å². The van der Waals surface area contributed by atoms with Gasteiger partial charge in [-0.1, -0.05) is 27.7 Å². The van der Waals surface area contributed by atoms with Crippen LogP contribution in [-0.4, -0.2) is 53.8 Å². The molecule has 0 radical (unpaired) electrons. The lowest BCUT2D eigenvalue weighted by Gasteiger charge is -2.23. The molecule has 2 aromatic heterocycles. The second kappa shape index (κ2) is 8.89. The summed E-state index contributed by atoms with van der Waals surface area (Å²) in [6.45, 7) is 7.91. The highest BCUT2D eigenvalue weighted by molar-refractivity contribution is 7.90. The standard InChI is InChI=1S/C19H28F2N6O5S/c1-10(2)14-15(16(11(3)4)27(24-14)19(5,20)21)23-18(28)25-33(29,30)13-7-22-26-8-12(31-6)9-32-17(13)26/h7,10-12H,8-9H2,1-6H3,(H2,23,25,28). The van der Waals surface area contributed by atoms with Crippen molar-refractivity contribution >= 4 is 21.7 Å². The van der Waals surface area contributed by atoms with E-state index >= 15 is 0 Å². The molecule has 184 valence electrons. The molecule has 11 nitrogen and oxygen atoms in total. The number of methoxy groups -OCH3 is 1. The van der Waals surface area contributed by atoms with Crippen LogP contribution in [0.2, 0.25) is 0 Å². The van der Waals surface area contributed by atoms with Crippen LogP contribution in [0.3, 0.4) is 0 Å². The van der Waals surface area contributed by atoms with Gasteiger partial charge in [-0.25, -0.2) is 27.3 Å². The fourth-order valence-corrected chi connectivity index (χ4v) is 4.49. The first-order chi connectivity index (χ1) is 15.3. The van der Waals surface area contributed by atoms with Crippen molar-refractivity contribution in [3.05, 3.63) is 17.6 Å². The van der Waals surface area contributed by atoms with Crippen molar-refractivity contribution in [1.82, 2.24) is 24.3 Å². The minimum Gasteiger partial charge on any atom is -0.474 e. The Morgan fingerprint density at radius 3 is 2.52 bits per heavy atom. The largest absolute Gasteiger partial charge is 0.474 e. The number of halogens is 2. The van der Waals surface area contributed by atoms with Crippen LogP contribution >= 0.6 is 0 Å². The summed E-state index contributed by atoms with van der Waals surface area (Å²) in [6, 6.07) is -4.44. The minimum atomic E-state index is -4.38. The zero-order valence-electron chi connectivity index (χ0n) is 19.2. The van der Waals surface area contributed by atoms with E-state index in [-0.39, 0.29) is 53.0 Å². The van der Waals surface area contributed by atoms with E-state index in [4.69, 9.17) is 9.47 Å². The number of aromatic nitrogens is 4. The Balaban J connectivity index is 1.90. The molecule has 33 heavy (non-hydrogen) atoms. The van der Waals surface area contributed by atoms with Crippen LogP contribution in [0.4, 0.5) is 19.3 Å². The van der Waals surface area contributed by atoms with Crippen molar-refractivity contribution in [1.29, 1.82) is 0 Å². The third-order valence-electron chi connectivity index (χ3n) is 5.04. The number of rotatable bonds is 7. The van der Waals surface area contributed by atoms with E-state index in [0.29, 0.717) is 11.6 Å². The van der Waals surface area contributed by atoms with E-state index in [1.807, 2.05) is 4.72 Å². The summed E-state index contributed by atoms with van der Waals surface area (Å²) in [5.41, 5.74) is 0.339. The first-order valence-corrected chi connectivity index (χ1v) is 11.8. The summed E-state index contributed by atoms with van der Waals surface area (Å²) >= 11 is 0. The quantitative estimate of drug-likeness (QED) is 0.610. The highest BCUT2D eigenvalue weighted by atomic mass is 32.2. The Morgan fingerprint density at radius 1 is 1.30 bits per heavy atom. The number of carbonyl (C=O) groups is 1. The number of amides is 2. The van der Waals surface area contributed by atoms with Crippen LogP contribution in [0.5, 0.6) is 5.88 Å². The predicted molar refractivity (Wildman–Crippen MR) is 114 cm³/mol. The van der Waals surface area contributed by atoms with Gasteiger partial charge in [0.15, 0.2) is 4.90 Å². The Morgan fingerprint density at radius 2 is 1.97 bits per heavy atom. The number of alkyl halides is 2. The smallest absolute Gasteiger partial charge is 0.341 e. The molecule has 0 saturated carbocycles. The van der Waals surface area contributed by atoms with Crippen LogP contribution in [0.15, 0.2) is 11.1 Å². The number of hydrogen-bond donors (Lipinski definition) is 2. The highest BCUT2D eigenvalue weighted by Crippen LogP contribution is 2.36. The maximum Gasteiger partial charge on any atom is 0.341 e. The van der Waals surface area contributed by atoms with Gasteiger partial charge >= 0.3 is 12.1 Å². The molecule has 2 aromatic rings. The van der Waals surface area contributed by atoms with Gasteiger partial charge in [-0.2, -0.15) is 19.0 Å². The Labute approximate surface area is 190 Å². The number of urea groups is 1. The van der Waals surface area contributed by atoms with E-state index in [2.05, 4.69) is 15.5 Å². The number of nitrogens with zero attached hydrogens (tertiary/aromatic N) is 4. The first-order valence-electron chi connectivity index (χ1n) is 10.3. The lowest BCUT2D eigenvalue weighted by molar-refractivity contribution is -0.0754. The monoisotopic (exact) mass is 490 g/mol. The maximum absolute atomic E-state index is 14.2. The molecule has 0 bridgehead atoms. The van der Waals surface area contributed by atoms with Gasteiger partial charge in [-0.15, -0.1) is 0 Å². The molecular formula is C19H28F2N6O5S. The average Bonchev–Trinajstić information content (AvgIpc) is 3.28. The average molecular weight is 491 g/mol. The number of carbonyl (C=O) groups excluding carboxylic acids is 1. The van der Waals surface area contributed by atoms with E-state index in [1.54, 1.807) is 27.7 Å². The Kier molecular flexibility index (Phi) is 6.71. The number of sulfonamides is 1. The van der Waals surface area contributed by atoms with Crippen molar-refractivity contribution in [2.24, 2.45) is 0 Å². The summed E-state index contributed by atoms with van der Waals surface area (Å²) in [5, 5.41) is 10.4. The maximum atomic E-state index is 14.2. The third-order valence-corrected chi connectivity index (χ3v) is 6.36. The molecule has 0 aliphatic carbocycles. The minimum absolute atomic E-state index is 0.0206. The van der Waals surface area contributed by atoms with E-state index in [0.717, 1.165) is 6.20 Å². The molecule has 1 aliphatic heterocycles. The molecule has 0 aromatic carbocycles. The molecule has 1 aliphatic rings. The van der Waals surface area contributed by atoms with Gasteiger partial charge in [0.25, 0.3) is 10.0 Å². The fraction of sp³-hybridized carbons (Fsp3) is 0.632. The van der Waals surface area contributed by atoms with Crippen LogP contribution < -0.4 is 14.8 Å². The van der Waals surface area contributed by atoms with Crippen LogP contribution in [0.1, 0.15) is 57.8 Å². The zero-order chi connectivity index (χ0) is 24.7. The van der Waals surface area contributed by atoms with Gasteiger partial charge in [0.1, 0.15) is 12.7 Å². The predicted octanol–water partition coefficient (Wildman–Crippen LogP) is 2.81. The van der Waals surface area contributed by atoms with Crippen molar-refractivity contribution in [2.75, 3.05) is 19.0 Å². The van der Waals surface area contributed by atoms with Gasteiger partial charge in [-0.3, -0.25) is 0 Å². The summed E-state index contributed by atoms with van der Waals surface area (Å²) in [7, 11) is -2.88. The zero-order valence-corrected chi connectivity index (χ0v) is 20.0. The van der Waals surface area contributed by atoms with E-state index < -0.39 is 28.0 Å². The summed E-state index contributed by atoms with van der Waals surface area (Å²) in [4.78, 5) is 12.4. The fourth-order valence-electron chi connectivity index (χ4n) is 3.51. The molecule has 3 rings (SSSR count). The van der Waals surface area contributed by atoms with Crippen molar-refractivity contribution in [3.8, 4) is 5.88 Å². The van der Waals surface area contributed by atoms with Crippen LogP contribution in [0, 0.1) is 0 Å².